The summed E-state index contributed by atoms with van der Waals surface area (Å²) in [5.41, 5.74) is 0.692. The van der Waals surface area contributed by atoms with Crippen molar-refractivity contribution in [1.82, 2.24) is 9.97 Å². The average molecular weight is 297 g/mol. The van der Waals surface area contributed by atoms with E-state index in [1.54, 1.807) is 12.1 Å². The van der Waals surface area contributed by atoms with Gasteiger partial charge in [0, 0.05) is 18.0 Å². The van der Waals surface area contributed by atoms with Gasteiger partial charge in [0.25, 0.3) is 5.88 Å². The number of pyridine rings is 2. The summed E-state index contributed by atoms with van der Waals surface area (Å²) in [5, 5.41) is 0.609. The van der Waals surface area contributed by atoms with Gasteiger partial charge in [-0.1, -0.05) is 35.0 Å². The lowest BCUT2D eigenvalue weighted by Gasteiger charge is -2.01. The van der Waals surface area contributed by atoms with Gasteiger partial charge in [-0.25, -0.2) is 14.4 Å². The van der Waals surface area contributed by atoms with E-state index >= 15 is 0 Å². The van der Waals surface area contributed by atoms with E-state index in [0.29, 0.717) is 10.7 Å². The van der Waals surface area contributed by atoms with Crippen LogP contribution in [0.5, 0.6) is 5.88 Å². The first-order valence-corrected chi connectivity index (χ1v) is 5.95. The van der Waals surface area contributed by atoms with Crippen LogP contribution < -0.4 is 4.74 Å². The molecule has 2 heterocycles. The number of halogens is 3. The third-order valence-corrected chi connectivity index (χ3v) is 2.45. The lowest BCUT2D eigenvalue weighted by atomic mass is 10.3. The Morgan fingerprint density at radius 1 is 1.21 bits per heavy atom. The van der Waals surface area contributed by atoms with Gasteiger partial charge in [0.1, 0.15) is 5.15 Å². The molecule has 0 fully saturated rings. The molecule has 3 nitrogen and oxygen atoms in total. The van der Waals surface area contributed by atoms with Gasteiger partial charge >= 0.3 is 0 Å². The van der Waals surface area contributed by atoms with Gasteiger partial charge in [-0.3, -0.25) is 0 Å². The Bertz CT molecular complexity index is 635. The van der Waals surface area contributed by atoms with Crippen molar-refractivity contribution in [1.29, 1.82) is 0 Å². The number of ether oxygens (including phenoxy) is 1. The number of nitrogens with zero attached hydrogens (tertiary/aromatic N) is 2. The maximum Gasteiger partial charge on any atom is 0.251 e. The van der Waals surface area contributed by atoms with Crippen molar-refractivity contribution in [3.05, 3.63) is 52.1 Å². The average Bonchev–Trinajstić information content (AvgIpc) is 2.39. The predicted molar refractivity (Wildman–Crippen MR) is 70.8 cm³/mol. The molecule has 2 aromatic heterocycles. The van der Waals surface area contributed by atoms with Crippen molar-refractivity contribution >= 4 is 23.2 Å². The van der Waals surface area contributed by atoms with Gasteiger partial charge in [0.05, 0.1) is 5.02 Å². The third-order valence-electron chi connectivity index (χ3n) is 2.02. The second kappa shape index (κ2) is 6.37. The molecule has 0 saturated heterocycles. The first kappa shape index (κ1) is 13.6. The molecule has 0 atom stereocenters. The minimum atomic E-state index is -0.623. The summed E-state index contributed by atoms with van der Waals surface area (Å²) < 4.78 is 18.4. The van der Waals surface area contributed by atoms with Crippen LogP contribution in [0.25, 0.3) is 0 Å². The monoisotopic (exact) mass is 296 g/mol. The molecular formula is C13H7Cl2FN2O. The van der Waals surface area contributed by atoms with Crippen LogP contribution in [0.15, 0.2) is 30.6 Å². The van der Waals surface area contributed by atoms with Gasteiger partial charge in [-0.05, 0) is 18.2 Å². The maximum absolute atomic E-state index is 13.3. The Morgan fingerprint density at radius 2 is 2.05 bits per heavy atom. The van der Waals surface area contributed by atoms with Crippen LogP contribution in [-0.4, -0.2) is 16.6 Å². The highest BCUT2D eigenvalue weighted by Crippen LogP contribution is 2.17. The Hall–Kier alpha value is -1.83. The van der Waals surface area contributed by atoms with Gasteiger partial charge in [-0.15, -0.1) is 0 Å². The molecule has 0 unspecified atom stereocenters. The van der Waals surface area contributed by atoms with Crippen LogP contribution in [-0.2, 0) is 0 Å². The van der Waals surface area contributed by atoms with E-state index < -0.39 is 5.82 Å². The number of hydrogen-bond donors (Lipinski definition) is 0. The fourth-order valence-electron chi connectivity index (χ4n) is 1.20. The smallest absolute Gasteiger partial charge is 0.251 e. The Labute approximate surface area is 119 Å². The summed E-state index contributed by atoms with van der Waals surface area (Å²) in [4.78, 5) is 7.58. The van der Waals surface area contributed by atoms with E-state index in [9.17, 15) is 4.39 Å². The normalized spacial score (nSPS) is 9.63. The molecule has 6 heteroatoms. The number of aromatic nitrogens is 2. The highest BCUT2D eigenvalue weighted by Gasteiger charge is 2.04. The molecule has 0 N–H and O–H groups in total. The molecule has 0 aliphatic rings. The molecular weight excluding hydrogens is 290 g/mol. The quantitative estimate of drug-likeness (QED) is 0.630. The molecule has 2 rings (SSSR count). The molecule has 0 bridgehead atoms. The van der Waals surface area contributed by atoms with Crippen LogP contribution in [0, 0.1) is 17.7 Å². The lowest BCUT2D eigenvalue weighted by Crippen LogP contribution is -1.98. The van der Waals surface area contributed by atoms with E-state index in [2.05, 4.69) is 21.8 Å². The molecule has 19 heavy (non-hydrogen) atoms. The molecule has 0 amide bonds. The van der Waals surface area contributed by atoms with Gasteiger partial charge in [-0.2, -0.15) is 0 Å². The van der Waals surface area contributed by atoms with Crippen LogP contribution in [0.4, 0.5) is 4.39 Å². The zero-order valence-corrected chi connectivity index (χ0v) is 11.0. The van der Waals surface area contributed by atoms with E-state index in [1.165, 1.54) is 12.4 Å². The zero-order valence-electron chi connectivity index (χ0n) is 9.53. The first-order valence-electron chi connectivity index (χ1n) is 5.19. The van der Waals surface area contributed by atoms with E-state index in [-0.39, 0.29) is 17.5 Å². The fourth-order valence-corrected chi connectivity index (χ4v) is 1.46. The summed E-state index contributed by atoms with van der Waals surface area (Å²) >= 11 is 11.2. The highest BCUT2D eigenvalue weighted by atomic mass is 35.5. The zero-order chi connectivity index (χ0) is 13.7. The van der Waals surface area contributed by atoms with Crippen molar-refractivity contribution in [3.8, 4) is 17.7 Å². The number of rotatable bonds is 2. The summed E-state index contributed by atoms with van der Waals surface area (Å²) in [6.45, 7) is 0.00811. The topological polar surface area (TPSA) is 35.0 Å². The molecule has 0 aliphatic heterocycles. The number of hydrogen-bond acceptors (Lipinski definition) is 3. The second-order valence-electron chi connectivity index (χ2n) is 3.40. The SMILES string of the molecule is Fc1cc(Cl)cnc1OCC#Cc1ccc(Cl)nc1. The maximum atomic E-state index is 13.3. The van der Waals surface area contributed by atoms with E-state index in [0.717, 1.165) is 6.07 Å². The van der Waals surface area contributed by atoms with Crippen molar-refractivity contribution in [2.24, 2.45) is 0 Å². The molecule has 0 aliphatic carbocycles. The lowest BCUT2D eigenvalue weighted by molar-refractivity contribution is 0.332. The molecule has 0 saturated carbocycles. The Morgan fingerprint density at radius 3 is 2.74 bits per heavy atom. The molecule has 0 radical (unpaired) electrons. The first-order chi connectivity index (χ1) is 9.15. The second-order valence-corrected chi connectivity index (χ2v) is 4.22. The molecule has 96 valence electrons. The summed E-state index contributed by atoms with van der Waals surface area (Å²) in [6, 6.07) is 4.48. The van der Waals surface area contributed by atoms with Crippen molar-refractivity contribution < 1.29 is 9.13 Å². The van der Waals surface area contributed by atoms with Crippen molar-refractivity contribution in [2.75, 3.05) is 6.61 Å². The van der Waals surface area contributed by atoms with E-state index in [1.807, 2.05) is 0 Å². The Balaban J connectivity index is 1.95. The van der Waals surface area contributed by atoms with Crippen LogP contribution >= 0.6 is 23.2 Å². The highest BCUT2D eigenvalue weighted by molar-refractivity contribution is 6.30. The molecule has 0 aromatic carbocycles. The largest absolute Gasteiger partial charge is 0.462 e. The fraction of sp³-hybridized carbons (Fsp3) is 0.0769. The van der Waals surface area contributed by atoms with Gasteiger partial charge < -0.3 is 4.74 Å². The van der Waals surface area contributed by atoms with Gasteiger partial charge in [0.15, 0.2) is 12.4 Å². The molecule has 0 spiro atoms. The van der Waals surface area contributed by atoms with Crippen molar-refractivity contribution in [2.45, 2.75) is 0 Å². The minimum Gasteiger partial charge on any atom is -0.462 e. The summed E-state index contributed by atoms with van der Waals surface area (Å²) in [7, 11) is 0. The van der Waals surface area contributed by atoms with Crippen LogP contribution in [0.3, 0.4) is 0 Å². The molecule has 2 aromatic rings. The standard InChI is InChI=1S/C13H7Cl2FN2O/c14-10-6-11(16)13(18-8-10)19-5-1-2-9-3-4-12(15)17-7-9/h3-4,6-8H,5H2. The van der Waals surface area contributed by atoms with Crippen LogP contribution in [0.1, 0.15) is 5.56 Å². The van der Waals surface area contributed by atoms with E-state index in [4.69, 9.17) is 27.9 Å². The minimum absolute atomic E-state index is 0.00811. The van der Waals surface area contributed by atoms with Gasteiger partial charge in [0.2, 0.25) is 0 Å². The predicted octanol–water partition coefficient (Wildman–Crippen LogP) is 3.35. The van der Waals surface area contributed by atoms with Crippen LogP contribution in [0.2, 0.25) is 10.2 Å². The Kier molecular flexibility index (Phi) is 4.56. The van der Waals surface area contributed by atoms with Crippen molar-refractivity contribution in [3.63, 3.8) is 0 Å². The summed E-state index contributed by atoms with van der Waals surface area (Å²) in [6.07, 6.45) is 2.84. The third kappa shape index (κ3) is 4.09. The summed E-state index contributed by atoms with van der Waals surface area (Å²) in [5.74, 6) is 4.76.